The molecule has 0 radical (unpaired) electrons. The first-order valence-corrected chi connectivity index (χ1v) is 11.5. The summed E-state index contributed by atoms with van der Waals surface area (Å²) in [6.45, 7) is 0.563. The summed E-state index contributed by atoms with van der Waals surface area (Å²) in [4.78, 5) is 15.7. The van der Waals surface area contributed by atoms with E-state index < -0.39 is 10.0 Å². The van der Waals surface area contributed by atoms with Crippen molar-refractivity contribution >= 4 is 39.3 Å². The average Bonchev–Trinajstić information content (AvgIpc) is 2.72. The van der Waals surface area contributed by atoms with E-state index in [4.69, 9.17) is 11.6 Å². The minimum atomic E-state index is -3.36. The normalized spacial score (nSPS) is 11.5. The second-order valence-corrected chi connectivity index (χ2v) is 9.14. The molecule has 6 nitrogen and oxygen atoms in total. The summed E-state index contributed by atoms with van der Waals surface area (Å²) < 4.78 is 26.1. The summed E-state index contributed by atoms with van der Waals surface area (Å²) in [5.74, 6) is -0.0622. The maximum atomic E-state index is 12.4. The highest BCUT2D eigenvalue weighted by Crippen LogP contribution is 2.20. The topological polar surface area (TPSA) is 79.4 Å². The van der Waals surface area contributed by atoms with Crippen molar-refractivity contribution in [3.05, 3.63) is 65.5 Å². The third-order valence-corrected chi connectivity index (χ3v) is 6.45. The van der Waals surface area contributed by atoms with Crippen LogP contribution in [0.1, 0.15) is 31.2 Å². The number of anilines is 1. The van der Waals surface area contributed by atoms with Gasteiger partial charge in [0.05, 0.1) is 11.4 Å². The smallest absolute Gasteiger partial charge is 0.243 e. The Kier molecular flexibility index (Phi) is 9.15. The van der Waals surface area contributed by atoms with Crippen LogP contribution < -0.4 is 9.62 Å². The Balaban J connectivity index is 1.61. The van der Waals surface area contributed by atoms with Crippen LogP contribution in [0.2, 0.25) is 5.02 Å². The molecule has 0 aliphatic heterocycles. The van der Waals surface area contributed by atoms with Crippen molar-refractivity contribution in [2.45, 2.75) is 25.7 Å². The Bertz CT molecular complexity index is 901. The van der Waals surface area contributed by atoms with Gasteiger partial charge in [0.2, 0.25) is 15.9 Å². The molecule has 1 amide bonds. The molecule has 1 N–H and O–H groups in total. The molecule has 0 spiro atoms. The fraction of sp³-hybridized carbons (Fsp3) is 0.333. The van der Waals surface area contributed by atoms with E-state index in [1.807, 2.05) is 12.1 Å². The lowest BCUT2D eigenvalue weighted by molar-refractivity contribution is -0.116. The zero-order valence-electron chi connectivity index (χ0n) is 16.4. The zero-order valence-corrected chi connectivity index (χ0v) is 18.0. The largest absolute Gasteiger partial charge is 0.353 e. The predicted octanol–water partition coefficient (Wildman–Crippen LogP) is 3.89. The Morgan fingerprint density at radius 2 is 1.86 bits per heavy atom. The molecule has 0 aliphatic carbocycles. The van der Waals surface area contributed by atoms with Crippen LogP contribution in [0.25, 0.3) is 6.08 Å². The SMILES string of the molecule is CN(c1ccc(Cl)cc1)S(=O)(=O)CCCCCCNC(=O)/C=C/c1cccnc1. The van der Waals surface area contributed by atoms with Gasteiger partial charge in [0, 0.05) is 37.1 Å². The monoisotopic (exact) mass is 435 g/mol. The molecule has 0 saturated heterocycles. The number of rotatable bonds is 11. The van der Waals surface area contributed by atoms with Gasteiger partial charge in [-0.3, -0.25) is 14.1 Å². The number of pyridine rings is 1. The predicted molar refractivity (Wildman–Crippen MR) is 118 cm³/mol. The van der Waals surface area contributed by atoms with E-state index in [2.05, 4.69) is 10.3 Å². The lowest BCUT2D eigenvalue weighted by Crippen LogP contribution is -2.29. The van der Waals surface area contributed by atoms with Crippen molar-refractivity contribution in [3.63, 3.8) is 0 Å². The van der Waals surface area contributed by atoms with Crippen molar-refractivity contribution in [1.29, 1.82) is 0 Å². The van der Waals surface area contributed by atoms with E-state index in [0.29, 0.717) is 23.7 Å². The first kappa shape index (κ1) is 22.9. The van der Waals surface area contributed by atoms with Gasteiger partial charge >= 0.3 is 0 Å². The molecule has 0 aliphatic rings. The van der Waals surface area contributed by atoms with Gasteiger partial charge in [-0.1, -0.05) is 30.5 Å². The molecular weight excluding hydrogens is 410 g/mol. The van der Waals surface area contributed by atoms with E-state index >= 15 is 0 Å². The summed E-state index contributed by atoms with van der Waals surface area (Å²) >= 11 is 5.84. The minimum Gasteiger partial charge on any atom is -0.353 e. The Labute approximate surface area is 177 Å². The van der Waals surface area contributed by atoms with Crippen LogP contribution in [-0.2, 0) is 14.8 Å². The summed E-state index contributed by atoms with van der Waals surface area (Å²) in [6.07, 6.45) is 9.58. The molecule has 0 fully saturated rings. The minimum absolute atomic E-state index is 0.0896. The molecule has 1 aromatic heterocycles. The van der Waals surface area contributed by atoms with Crippen LogP contribution >= 0.6 is 11.6 Å². The number of unbranched alkanes of at least 4 members (excludes halogenated alkanes) is 3. The second-order valence-electron chi connectivity index (χ2n) is 6.58. The third kappa shape index (κ3) is 8.25. The number of nitrogens with one attached hydrogen (secondary N) is 1. The first-order valence-electron chi connectivity index (χ1n) is 9.46. The molecule has 1 heterocycles. The van der Waals surface area contributed by atoms with E-state index in [1.54, 1.807) is 49.8 Å². The number of hydrogen-bond donors (Lipinski definition) is 1. The van der Waals surface area contributed by atoms with Crippen LogP contribution in [-0.4, -0.2) is 38.7 Å². The van der Waals surface area contributed by atoms with Gasteiger partial charge in [0.15, 0.2) is 0 Å². The van der Waals surface area contributed by atoms with Crippen LogP contribution in [0.3, 0.4) is 0 Å². The number of benzene rings is 1. The highest BCUT2D eigenvalue weighted by atomic mass is 35.5. The van der Waals surface area contributed by atoms with Crippen molar-refractivity contribution < 1.29 is 13.2 Å². The number of halogens is 1. The zero-order chi connectivity index (χ0) is 21.1. The Morgan fingerprint density at radius 1 is 1.14 bits per heavy atom. The van der Waals surface area contributed by atoms with E-state index in [1.165, 1.54) is 10.4 Å². The molecule has 156 valence electrons. The van der Waals surface area contributed by atoms with Crippen LogP contribution in [0.4, 0.5) is 5.69 Å². The molecule has 29 heavy (non-hydrogen) atoms. The van der Waals surface area contributed by atoms with Crippen LogP contribution in [0, 0.1) is 0 Å². The van der Waals surface area contributed by atoms with Gasteiger partial charge in [-0.05, 0) is 54.8 Å². The molecule has 0 saturated carbocycles. The molecule has 8 heteroatoms. The Hall–Kier alpha value is -2.38. The standard InChI is InChI=1S/C21H26ClN3O3S/c1-25(20-11-9-19(22)10-12-20)29(27,28)16-5-3-2-4-15-24-21(26)13-8-18-7-6-14-23-17-18/h6-14,17H,2-5,15-16H2,1H3,(H,24,26)/b13-8+. The summed E-state index contributed by atoms with van der Waals surface area (Å²) in [5.41, 5.74) is 1.46. The van der Waals surface area contributed by atoms with Crippen LogP contribution in [0.15, 0.2) is 54.9 Å². The fourth-order valence-electron chi connectivity index (χ4n) is 2.63. The van der Waals surface area contributed by atoms with Gasteiger partial charge in [-0.15, -0.1) is 0 Å². The van der Waals surface area contributed by atoms with Crippen molar-refractivity contribution in [2.75, 3.05) is 23.7 Å². The van der Waals surface area contributed by atoms with Gasteiger partial charge in [0.25, 0.3) is 0 Å². The maximum absolute atomic E-state index is 12.4. The third-order valence-electron chi connectivity index (χ3n) is 4.35. The maximum Gasteiger partial charge on any atom is 0.243 e. The number of aromatic nitrogens is 1. The van der Waals surface area contributed by atoms with Crippen molar-refractivity contribution in [2.24, 2.45) is 0 Å². The summed E-state index contributed by atoms with van der Waals surface area (Å²) in [6, 6.07) is 10.4. The van der Waals surface area contributed by atoms with Crippen molar-refractivity contribution in [3.8, 4) is 0 Å². The molecule has 1 aromatic carbocycles. The fourth-order valence-corrected chi connectivity index (χ4v) is 4.04. The average molecular weight is 436 g/mol. The second kappa shape index (κ2) is 11.6. The van der Waals surface area contributed by atoms with E-state index in [0.717, 1.165) is 24.8 Å². The number of sulfonamides is 1. The lowest BCUT2D eigenvalue weighted by Gasteiger charge is -2.19. The molecule has 0 bridgehead atoms. The molecule has 0 unspecified atom stereocenters. The van der Waals surface area contributed by atoms with E-state index in [9.17, 15) is 13.2 Å². The van der Waals surface area contributed by atoms with Gasteiger partial charge in [0.1, 0.15) is 0 Å². The molecule has 2 rings (SSSR count). The number of hydrogen-bond acceptors (Lipinski definition) is 4. The summed E-state index contributed by atoms with van der Waals surface area (Å²) in [7, 11) is -1.81. The number of amides is 1. The molecule has 2 aromatic rings. The van der Waals surface area contributed by atoms with Gasteiger partial charge in [-0.2, -0.15) is 0 Å². The number of carbonyl (C=O) groups is 1. The summed E-state index contributed by atoms with van der Waals surface area (Å²) in [5, 5.41) is 3.39. The van der Waals surface area contributed by atoms with Gasteiger partial charge in [-0.25, -0.2) is 8.42 Å². The van der Waals surface area contributed by atoms with E-state index in [-0.39, 0.29) is 11.7 Å². The van der Waals surface area contributed by atoms with Crippen molar-refractivity contribution in [1.82, 2.24) is 10.3 Å². The number of carbonyl (C=O) groups excluding carboxylic acids is 1. The van der Waals surface area contributed by atoms with Crippen LogP contribution in [0.5, 0.6) is 0 Å². The first-order chi connectivity index (χ1) is 13.9. The van der Waals surface area contributed by atoms with Gasteiger partial charge < -0.3 is 5.32 Å². The Morgan fingerprint density at radius 3 is 2.55 bits per heavy atom. The molecular formula is C21H26ClN3O3S. The quantitative estimate of drug-likeness (QED) is 0.429. The lowest BCUT2D eigenvalue weighted by atomic mass is 10.2. The highest BCUT2D eigenvalue weighted by molar-refractivity contribution is 7.92. The highest BCUT2D eigenvalue weighted by Gasteiger charge is 2.17. The number of nitrogens with zero attached hydrogens (tertiary/aromatic N) is 2. The molecule has 0 atom stereocenters.